The van der Waals surface area contributed by atoms with E-state index in [0.717, 1.165) is 0 Å². The fourth-order valence-corrected chi connectivity index (χ4v) is 0. The van der Waals surface area contributed by atoms with Crippen molar-refractivity contribution in [3.63, 3.8) is 0 Å². The fourth-order valence-electron chi connectivity index (χ4n) is 0. The van der Waals surface area contributed by atoms with E-state index >= 15 is 0 Å². The molecule has 0 aliphatic rings. The second-order valence-corrected chi connectivity index (χ2v) is 0.474. The molecule has 0 heterocycles. The summed E-state index contributed by atoms with van der Waals surface area (Å²) in [6.07, 6.45) is -2.33. The first-order valence-corrected chi connectivity index (χ1v) is 1.16. The molecule has 0 saturated heterocycles. The number of carbonyl (C=O) groups is 1. The predicted octanol–water partition coefficient (Wildman–Crippen LogP) is -3.60. The number of carboxylic acid groups (broad SMARTS) is 2. The van der Waals surface area contributed by atoms with Gasteiger partial charge in [-0.3, -0.25) is 0 Å². The van der Waals surface area contributed by atoms with Crippen LogP contribution >= 0.6 is 0 Å². The Morgan fingerprint density at radius 3 is 1.20 bits per heavy atom. The van der Waals surface area contributed by atoms with Gasteiger partial charge in [0.25, 0.3) is 0 Å². The summed E-state index contributed by atoms with van der Waals surface area (Å²) in [4.78, 5) is 16.6. The molecule has 9 heteroatoms. The molecule has 0 aliphatic heterocycles. The Morgan fingerprint density at radius 2 is 1.20 bits per heavy atom. The molecule has 0 spiro atoms. The van der Waals surface area contributed by atoms with Gasteiger partial charge in [-0.2, -0.15) is 0 Å². The molecule has 0 N–H and O–H groups in total. The van der Waals surface area contributed by atoms with Gasteiger partial charge in [-0.1, -0.05) is 0 Å². The van der Waals surface area contributed by atoms with Crippen molar-refractivity contribution in [1.82, 2.24) is 0 Å². The molecule has 0 bridgehead atoms. The Bertz CT molecular complexity index is 75.7. The summed E-state index contributed by atoms with van der Waals surface area (Å²) in [5.41, 5.74) is 0. The summed E-state index contributed by atoms with van der Waals surface area (Å²) < 4.78 is 0. The van der Waals surface area contributed by atoms with Crippen molar-refractivity contribution >= 4 is 43.9 Å². The first kappa shape index (κ1) is 22.4. The quantitative estimate of drug-likeness (QED) is 0.258. The molecule has 0 aromatic carbocycles. The van der Waals surface area contributed by atoms with Crippen LogP contribution in [0.3, 0.4) is 0 Å². The van der Waals surface area contributed by atoms with Crippen molar-refractivity contribution in [3.8, 4) is 0 Å². The van der Waals surface area contributed by atoms with Gasteiger partial charge in [0, 0.05) is 35.6 Å². The SMILES string of the molecule is O=C([O-])[O-].O=[N+]([O-])[O-].[CaH2].[La]. The number of nitrogens with zero attached hydrogens (tertiary/aromatic N) is 1. The maximum Gasteiger partial charge on any atom is 0 e. The molecule has 0 aliphatic carbocycles. The summed E-state index contributed by atoms with van der Waals surface area (Å²) in [6.45, 7) is 0. The van der Waals surface area contributed by atoms with Crippen molar-refractivity contribution in [3.05, 3.63) is 15.3 Å². The Morgan fingerprint density at radius 1 is 1.20 bits per heavy atom. The normalized spacial score (nSPS) is 4.80. The van der Waals surface area contributed by atoms with Crippen molar-refractivity contribution in [1.29, 1.82) is 0 Å². The number of hydrogen-bond donors (Lipinski definition) is 0. The van der Waals surface area contributed by atoms with E-state index in [0.29, 0.717) is 0 Å². The molecule has 10 heavy (non-hydrogen) atoms. The van der Waals surface area contributed by atoms with E-state index < -0.39 is 11.2 Å². The van der Waals surface area contributed by atoms with Crippen LogP contribution in [0.2, 0.25) is 0 Å². The van der Waals surface area contributed by atoms with Crippen molar-refractivity contribution in [2.45, 2.75) is 0 Å². The maximum atomic E-state index is 8.33. The molecule has 55 valence electrons. The zero-order valence-corrected chi connectivity index (χ0v) is 7.60. The van der Waals surface area contributed by atoms with E-state index in [1.54, 1.807) is 0 Å². The van der Waals surface area contributed by atoms with Crippen LogP contribution in [0.25, 0.3) is 0 Å². The standard InChI is InChI=1S/CH2O3.Ca.La.NO3.2H/c2-1(3)4;;;2-1(3)4;;/h(H2,2,3,4);;;;;/q;;;-1;;/p-2. The minimum atomic E-state index is -2.33. The Labute approximate surface area is 113 Å². The van der Waals surface area contributed by atoms with Gasteiger partial charge in [0.15, 0.2) is 0 Å². The van der Waals surface area contributed by atoms with Crippen molar-refractivity contribution < 1.29 is 55.7 Å². The van der Waals surface area contributed by atoms with E-state index in [4.69, 9.17) is 30.3 Å². The summed E-state index contributed by atoms with van der Waals surface area (Å²) >= 11 is 0. The van der Waals surface area contributed by atoms with E-state index in [-0.39, 0.29) is 73.3 Å². The van der Waals surface area contributed by atoms with Gasteiger partial charge in [-0.25, -0.2) is 0 Å². The van der Waals surface area contributed by atoms with Crippen LogP contribution < -0.4 is 10.2 Å². The van der Waals surface area contributed by atoms with Crippen molar-refractivity contribution in [2.24, 2.45) is 0 Å². The maximum absolute atomic E-state index is 8.33. The molecule has 0 atom stereocenters. The smallest absolute Gasteiger partial charge is 0 e. The van der Waals surface area contributed by atoms with Crippen LogP contribution in [0, 0.1) is 50.9 Å². The molecular formula is CH2CaLaNO6-3. The number of hydrogen-bond acceptors (Lipinski definition) is 6. The molecule has 0 aromatic rings. The van der Waals surface area contributed by atoms with Gasteiger partial charge in [-0.05, 0) is 6.16 Å². The second-order valence-electron chi connectivity index (χ2n) is 0.474. The third-order valence-corrected chi connectivity index (χ3v) is 0. The summed E-state index contributed by atoms with van der Waals surface area (Å²) in [5.74, 6) is 0. The fraction of sp³-hybridized carbons (Fsp3) is 0. The molecule has 0 fully saturated rings. The third kappa shape index (κ3) is 656. The van der Waals surface area contributed by atoms with E-state index in [1.165, 1.54) is 0 Å². The van der Waals surface area contributed by atoms with Crippen LogP contribution in [0.1, 0.15) is 0 Å². The summed E-state index contributed by atoms with van der Waals surface area (Å²) in [7, 11) is 0. The van der Waals surface area contributed by atoms with Gasteiger partial charge in [0.1, 0.15) is 0 Å². The summed E-state index contributed by atoms with van der Waals surface area (Å²) in [5, 5.41) is 31.4. The van der Waals surface area contributed by atoms with Gasteiger partial charge in [-0.15, -0.1) is 0 Å². The van der Waals surface area contributed by atoms with Crippen LogP contribution in [0.4, 0.5) is 4.79 Å². The zero-order valence-electron chi connectivity index (χ0n) is 3.97. The van der Waals surface area contributed by atoms with Gasteiger partial charge >= 0.3 is 37.7 Å². The molecule has 0 amide bonds. The zero-order chi connectivity index (χ0) is 7.15. The minimum Gasteiger partial charge on any atom is 0 e. The first-order valence-electron chi connectivity index (χ1n) is 1.16. The van der Waals surface area contributed by atoms with Gasteiger partial charge in [0.2, 0.25) is 0 Å². The Kier molecular flexibility index (Phi) is 37.0. The van der Waals surface area contributed by atoms with Gasteiger partial charge < -0.3 is 30.3 Å². The molecule has 0 saturated carbocycles. The molecular weight excluding hydrogens is 301 g/mol. The van der Waals surface area contributed by atoms with Crippen molar-refractivity contribution in [2.75, 3.05) is 0 Å². The molecule has 0 unspecified atom stereocenters. The second kappa shape index (κ2) is 16.5. The Hall–Kier alpha value is 0.925. The van der Waals surface area contributed by atoms with Crippen LogP contribution in [0.5, 0.6) is 0 Å². The third-order valence-electron chi connectivity index (χ3n) is 0. The molecule has 0 rings (SSSR count). The largest absolute Gasteiger partial charge is 0 e. The van der Waals surface area contributed by atoms with Crippen LogP contribution in [-0.4, -0.2) is 49.0 Å². The topological polar surface area (TPSA) is 129 Å². The predicted molar refractivity (Wildman–Crippen MR) is 24.3 cm³/mol. The Balaban J connectivity index is -0.0000000300. The average molecular weight is 303 g/mol. The molecule has 7 nitrogen and oxygen atoms in total. The number of carbonyl (C=O) groups excluding carboxylic acids is 1. The van der Waals surface area contributed by atoms with Crippen LogP contribution in [-0.2, 0) is 0 Å². The number of rotatable bonds is 0. The van der Waals surface area contributed by atoms with E-state index in [1.807, 2.05) is 0 Å². The molecule has 1 radical (unpaired) electrons. The molecule has 0 aromatic heterocycles. The van der Waals surface area contributed by atoms with E-state index in [9.17, 15) is 0 Å². The minimum absolute atomic E-state index is 0. The van der Waals surface area contributed by atoms with E-state index in [2.05, 4.69) is 0 Å². The van der Waals surface area contributed by atoms with Crippen LogP contribution in [0.15, 0.2) is 0 Å². The first-order chi connectivity index (χ1) is 3.46. The van der Waals surface area contributed by atoms with Gasteiger partial charge in [0.05, 0.1) is 5.09 Å². The average Bonchev–Trinajstić information content (AvgIpc) is 1.25. The monoisotopic (exact) mass is 303 g/mol. The summed E-state index contributed by atoms with van der Waals surface area (Å²) in [6, 6.07) is 0.